The highest BCUT2D eigenvalue weighted by molar-refractivity contribution is 7.99. The summed E-state index contributed by atoms with van der Waals surface area (Å²) in [7, 11) is 0. The lowest BCUT2D eigenvalue weighted by molar-refractivity contribution is -0.211. The van der Waals surface area contributed by atoms with E-state index in [4.69, 9.17) is 23.7 Å². The van der Waals surface area contributed by atoms with Crippen LogP contribution in [0.1, 0.15) is 46.0 Å². The quantitative estimate of drug-likeness (QED) is 0.306. The Morgan fingerprint density at radius 3 is 2.20 bits per heavy atom. The standard InChI is InChI=1S/C26H34N4O9S/c1-7-30-21(13-36-19-10-8-14(2)9-11-19)28-29-26(30)40-25-22(27-15(3)31)24(38-18(6)34)23(37-17(5)33)20(39-25)12-35-16(4)32/h8-11,20,22-25H,7,12-13H2,1-6H3,(H,27,31). The van der Waals surface area contributed by atoms with Crippen LogP contribution in [-0.4, -0.2) is 75.0 Å². The molecule has 1 fully saturated rings. The number of hydrogen-bond acceptors (Lipinski definition) is 12. The van der Waals surface area contributed by atoms with Gasteiger partial charge in [0, 0.05) is 34.2 Å². The number of carbonyl (C=O) groups excluding carboxylic acids is 4. The van der Waals surface area contributed by atoms with Gasteiger partial charge in [0.15, 0.2) is 23.2 Å². The Kier molecular flexibility index (Phi) is 10.9. The molecule has 2 heterocycles. The number of aromatic nitrogens is 3. The Bertz CT molecular complexity index is 1200. The van der Waals surface area contributed by atoms with Crippen LogP contribution < -0.4 is 10.1 Å². The van der Waals surface area contributed by atoms with Gasteiger partial charge < -0.3 is 33.6 Å². The summed E-state index contributed by atoms with van der Waals surface area (Å²) in [5.74, 6) is -1.10. The fraction of sp³-hybridized carbons (Fsp3) is 0.538. The number of nitrogens with one attached hydrogen (secondary N) is 1. The molecule has 2 aromatic rings. The van der Waals surface area contributed by atoms with Crippen molar-refractivity contribution in [2.45, 2.75) is 89.6 Å². The zero-order chi connectivity index (χ0) is 29.4. The molecular formula is C26H34N4O9S. The van der Waals surface area contributed by atoms with E-state index in [1.165, 1.54) is 27.7 Å². The average Bonchev–Trinajstić information content (AvgIpc) is 3.26. The number of aryl methyl sites for hydroxylation is 1. The van der Waals surface area contributed by atoms with E-state index in [-0.39, 0.29) is 13.2 Å². The van der Waals surface area contributed by atoms with E-state index in [2.05, 4.69) is 15.5 Å². The summed E-state index contributed by atoms with van der Waals surface area (Å²) in [6.07, 6.45) is -3.33. The minimum absolute atomic E-state index is 0.158. The van der Waals surface area contributed by atoms with E-state index in [0.29, 0.717) is 23.3 Å². The van der Waals surface area contributed by atoms with E-state index in [1.807, 2.05) is 42.7 Å². The lowest BCUT2D eigenvalue weighted by atomic mass is 9.97. The summed E-state index contributed by atoms with van der Waals surface area (Å²) in [6, 6.07) is 6.66. The molecule has 0 bridgehead atoms. The van der Waals surface area contributed by atoms with Crippen molar-refractivity contribution >= 4 is 35.6 Å². The molecule has 40 heavy (non-hydrogen) atoms. The Morgan fingerprint density at radius 1 is 0.975 bits per heavy atom. The number of esters is 3. The maximum Gasteiger partial charge on any atom is 0.303 e. The first-order chi connectivity index (χ1) is 19.0. The number of amides is 1. The van der Waals surface area contributed by atoms with Gasteiger partial charge in [-0.2, -0.15) is 0 Å². The molecule has 13 nitrogen and oxygen atoms in total. The molecule has 0 radical (unpaired) electrons. The van der Waals surface area contributed by atoms with Crippen LogP contribution in [0.3, 0.4) is 0 Å². The molecule has 1 aliphatic heterocycles. The minimum atomic E-state index is -1.17. The van der Waals surface area contributed by atoms with Gasteiger partial charge in [-0.05, 0) is 26.0 Å². The molecule has 1 aliphatic rings. The largest absolute Gasteiger partial charge is 0.486 e. The zero-order valence-corrected chi connectivity index (χ0v) is 24.1. The van der Waals surface area contributed by atoms with Gasteiger partial charge in [-0.15, -0.1) is 10.2 Å². The molecule has 14 heteroatoms. The normalized spacial score (nSPS) is 22.2. The minimum Gasteiger partial charge on any atom is -0.486 e. The lowest BCUT2D eigenvalue weighted by Crippen LogP contribution is -2.65. The number of ether oxygens (including phenoxy) is 5. The number of benzene rings is 1. The fourth-order valence-corrected chi connectivity index (χ4v) is 5.33. The highest BCUT2D eigenvalue weighted by atomic mass is 32.2. The molecule has 3 rings (SSSR count). The van der Waals surface area contributed by atoms with Gasteiger partial charge >= 0.3 is 17.9 Å². The van der Waals surface area contributed by atoms with Crippen molar-refractivity contribution < 1.29 is 42.9 Å². The van der Waals surface area contributed by atoms with Crippen LogP contribution in [-0.2, 0) is 51.3 Å². The SMILES string of the molecule is CCn1c(COc2ccc(C)cc2)nnc1SC1OC(COC(C)=O)C(OC(C)=O)C(OC(C)=O)C1NC(C)=O. The predicted molar refractivity (Wildman–Crippen MR) is 141 cm³/mol. The second-order valence-corrected chi connectivity index (χ2v) is 10.1. The molecular weight excluding hydrogens is 544 g/mol. The first-order valence-electron chi connectivity index (χ1n) is 12.7. The first kappa shape index (κ1) is 30.9. The summed E-state index contributed by atoms with van der Waals surface area (Å²) in [5.41, 5.74) is 0.208. The van der Waals surface area contributed by atoms with Crippen LogP contribution in [0.25, 0.3) is 0 Å². The van der Waals surface area contributed by atoms with Crippen molar-refractivity contribution in [2.24, 2.45) is 0 Å². The van der Waals surface area contributed by atoms with Crippen molar-refractivity contribution in [1.82, 2.24) is 20.1 Å². The Labute approximate surface area is 236 Å². The van der Waals surface area contributed by atoms with Crippen molar-refractivity contribution in [3.63, 3.8) is 0 Å². The van der Waals surface area contributed by atoms with Gasteiger partial charge in [0.25, 0.3) is 0 Å². The Hall–Kier alpha value is -3.65. The van der Waals surface area contributed by atoms with Gasteiger partial charge in [-0.25, -0.2) is 0 Å². The molecule has 1 aromatic heterocycles. The number of rotatable bonds is 11. The molecule has 0 spiro atoms. The Morgan fingerprint density at radius 2 is 1.62 bits per heavy atom. The van der Waals surface area contributed by atoms with Crippen LogP contribution in [0.2, 0.25) is 0 Å². The third kappa shape index (κ3) is 8.42. The van der Waals surface area contributed by atoms with E-state index in [9.17, 15) is 19.2 Å². The lowest BCUT2D eigenvalue weighted by Gasteiger charge is -2.44. The van der Waals surface area contributed by atoms with Crippen LogP contribution in [0, 0.1) is 6.92 Å². The molecule has 0 saturated carbocycles. The summed E-state index contributed by atoms with van der Waals surface area (Å²) >= 11 is 1.12. The van der Waals surface area contributed by atoms with Gasteiger partial charge in [0.05, 0.1) is 0 Å². The summed E-state index contributed by atoms with van der Waals surface area (Å²) in [5, 5.41) is 11.8. The molecule has 1 N–H and O–H groups in total. The van der Waals surface area contributed by atoms with Crippen molar-refractivity contribution in [1.29, 1.82) is 0 Å². The highest BCUT2D eigenvalue weighted by Gasteiger charge is 2.51. The smallest absolute Gasteiger partial charge is 0.303 e. The van der Waals surface area contributed by atoms with E-state index >= 15 is 0 Å². The maximum absolute atomic E-state index is 12.2. The summed E-state index contributed by atoms with van der Waals surface area (Å²) < 4.78 is 30.1. The van der Waals surface area contributed by atoms with Crippen LogP contribution in [0.15, 0.2) is 29.4 Å². The monoisotopic (exact) mass is 578 g/mol. The number of carbonyl (C=O) groups is 4. The molecule has 1 aromatic carbocycles. The van der Waals surface area contributed by atoms with Crippen molar-refractivity contribution in [3.05, 3.63) is 35.7 Å². The van der Waals surface area contributed by atoms with Gasteiger partial charge in [0.2, 0.25) is 5.91 Å². The molecule has 1 saturated heterocycles. The van der Waals surface area contributed by atoms with Gasteiger partial charge in [0.1, 0.15) is 36.5 Å². The van der Waals surface area contributed by atoms with Crippen LogP contribution in [0.5, 0.6) is 5.75 Å². The zero-order valence-electron chi connectivity index (χ0n) is 23.2. The summed E-state index contributed by atoms with van der Waals surface area (Å²) in [4.78, 5) is 47.8. The third-order valence-corrected chi connectivity index (χ3v) is 6.94. The molecule has 5 unspecified atom stereocenters. The predicted octanol–water partition coefficient (Wildman–Crippen LogP) is 1.93. The van der Waals surface area contributed by atoms with E-state index in [0.717, 1.165) is 17.3 Å². The number of hydrogen-bond donors (Lipinski definition) is 1. The maximum atomic E-state index is 12.2. The highest BCUT2D eigenvalue weighted by Crippen LogP contribution is 2.36. The first-order valence-corrected chi connectivity index (χ1v) is 13.5. The van der Waals surface area contributed by atoms with E-state index < -0.39 is 53.6 Å². The third-order valence-electron chi connectivity index (χ3n) is 5.79. The number of thioether (sulfide) groups is 1. The molecule has 1 amide bonds. The summed E-state index contributed by atoms with van der Waals surface area (Å²) in [6.45, 7) is 9.18. The Balaban J connectivity index is 1.92. The van der Waals surface area contributed by atoms with Crippen molar-refractivity contribution in [2.75, 3.05) is 6.61 Å². The topological polar surface area (TPSA) is 157 Å². The van der Waals surface area contributed by atoms with Gasteiger partial charge in [-0.3, -0.25) is 19.2 Å². The van der Waals surface area contributed by atoms with Crippen molar-refractivity contribution in [3.8, 4) is 5.75 Å². The van der Waals surface area contributed by atoms with E-state index in [1.54, 1.807) is 0 Å². The average molecular weight is 579 g/mol. The van der Waals surface area contributed by atoms with Gasteiger partial charge in [-0.1, -0.05) is 29.5 Å². The molecule has 5 atom stereocenters. The fourth-order valence-electron chi connectivity index (χ4n) is 4.11. The second-order valence-electron chi connectivity index (χ2n) is 9.08. The van der Waals surface area contributed by atoms with Crippen LogP contribution in [0.4, 0.5) is 0 Å². The molecule has 0 aliphatic carbocycles. The number of nitrogens with zero attached hydrogens (tertiary/aromatic N) is 3. The van der Waals surface area contributed by atoms with Crippen LogP contribution >= 0.6 is 11.8 Å². The molecule has 218 valence electrons. The second kappa shape index (κ2) is 14.1.